The van der Waals surface area contributed by atoms with E-state index in [1.54, 1.807) is 30.6 Å². The van der Waals surface area contributed by atoms with Crippen LogP contribution >= 0.6 is 11.3 Å². The lowest BCUT2D eigenvalue weighted by molar-refractivity contribution is 0.0948. The van der Waals surface area contributed by atoms with E-state index < -0.39 is 0 Å². The molecule has 0 unspecified atom stereocenters. The third kappa shape index (κ3) is 4.34. The van der Waals surface area contributed by atoms with Crippen LogP contribution in [-0.2, 0) is 6.42 Å². The summed E-state index contributed by atoms with van der Waals surface area (Å²) >= 11 is 1.57. The number of rotatable bonds is 7. The predicted octanol–water partition coefficient (Wildman–Crippen LogP) is 2.59. The topological polar surface area (TPSA) is 86.2 Å². The second kappa shape index (κ2) is 8.39. The van der Waals surface area contributed by atoms with Crippen LogP contribution in [0.1, 0.15) is 16.2 Å². The van der Waals surface area contributed by atoms with E-state index in [2.05, 4.69) is 20.5 Å². The van der Waals surface area contributed by atoms with Crippen LogP contribution in [0, 0.1) is 0 Å². The lowest BCUT2D eigenvalue weighted by atomic mass is 10.2. The fourth-order valence-corrected chi connectivity index (χ4v) is 3.09. The van der Waals surface area contributed by atoms with Crippen LogP contribution in [-0.4, -0.2) is 41.9 Å². The van der Waals surface area contributed by atoms with Crippen molar-refractivity contribution < 1.29 is 14.3 Å². The summed E-state index contributed by atoms with van der Waals surface area (Å²) in [6.07, 6.45) is 0.641. The highest BCUT2D eigenvalue weighted by Gasteiger charge is 2.09. The molecule has 1 N–H and O–H groups in total. The normalized spacial score (nSPS) is 10.4. The van der Waals surface area contributed by atoms with E-state index in [1.165, 1.54) is 7.11 Å². The number of nitrogens with one attached hydrogen (secondary N) is 1. The molecule has 3 rings (SSSR count). The Hall–Kier alpha value is -3.00. The number of nitrogens with zero attached hydrogens (tertiary/aromatic N) is 3. The summed E-state index contributed by atoms with van der Waals surface area (Å²) in [4.78, 5) is 16.6. The second-order valence-electron chi connectivity index (χ2n) is 5.34. The van der Waals surface area contributed by atoms with Crippen molar-refractivity contribution in [2.75, 3.05) is 20.8 Å². The van der Waals surface area contributed by atoms with E-state index >= 15 is 0 Å². The Morgan fingerprint density at radius 2 is 1.88 bits per heavy atom. The third-order valence-corrected chi connectivity index (χ3v) is 4.58. The van der Waals surface area contributed by atoms with Crippen LogP contribution in [0.15, 0.2) is 41.8 Å². The number of hydrogen-bond donors (Lipinski definition) is 1. The van der Waals surface area contributed by atoms with Crippen molar-refractivity contribution >= 4 is 17.2 Å². The molecule has 0 aliphatic rings. The molecule has 0 aliphatic heterocycles. The molecule has 0 radical (unpaired) electrons. The number of ether oxygens (including phenoxy) is 2. The van der Waals surface area contributed by atoms with Crippen molar-refractivity contribution in [3.8, 4) is 22.2 Å². The Morgan fingerprint density at radius 1 is 1.08 bits per heavy atom. The van der Waals surface area contributed by atoms with Crippen molar-refractivity contribution in [1.29, 1.82) is 0 Å². The van der Waals surface area contributed by atoms with E-state index in [-0.39, 0.29) is 11.6 Å². The maximum absolute atomic E-state index is 12.0. The molecule has 3 aromatic rings. The molecule has 0 fully saturated rings. The maximum atomic E-state index is 12.0. The number of hydrogen-bond acceptors (Lipinski definition) is 7. The minimum atomic E-state index is -0.272. The van der Waals surface area contributed by atoms with Gasteiger partial charge in [-0.1, -0.05) is 0 Å². The minimum Gasteiger partial charge on any atom is -0.497 e. The molecule has 0 aliphatic carbocycles. The van der Waals surface area contributed by atoms with Gasteiger partial charge in [-0.25, -0.2) is 4.98 Å². The highest BCUT2D eigenvalue weighted by molar-refractivity contribution is 7.13. The van der Waals surface area contributed by atoms with Crippen molar-refractivity contribution in [2.24, 2.45) is 0 Å². The fraction of sp³-hybridized carbons (Fsp3) is 0.222. The molecule has 134 valence electrons. The van der Waals surface area contributed by atoms with Gasteiger partial charge in [0, 0.05) is 30.0 Å². The average Bonchev–Trinajstić information content (AvgIpc) is 3.17. The van der Waals surface area contributed by atoms with Crippen LogP contribution in [0.3, 0.4) is 0 Å². The summed E-state index contributed by atoms with van der Waals surface area (Å²) in [5, 5.41) is 13.4. The van der Waals surface area contributed by atoms with Gasteiger partial charge in [-0.3, -0.25) is 4.79 Å². The lowest BCUT2D eigenvalue weighted by Gasteiger charge is -2.03. The van der Waals surface area contributed by atoms with Gasteiger partial charge in [-0.15, -0.1) is 21.5 Å². The van der Waals surface area contributed by atoms with Gasteiger partial charge in [0.2, 0.25) is 5.88 Å². The zero-order chi connectivity index (χ0) is 18.4. The quantitative estimate of drug-likeness (QED) is 0.688. The number of methoxy groups -OCH3 is 2. The highest BCUT2D eigenvalue weighted by atomic mass is 32.1. The number of carbonyl (C=O) groups excluding carboxylic acids is 1. The van der Waals surface area contributed by atoms with Gasteiger partial charge in [-0.05, 0) is 30.3 Å². The molecule has 0 saturated carbocycles. The van der Waals surface area contributed by atoms with Crippen LogP contribution in [0.25, 0.3) is 10.6 Å². The van der Waals surface area contributed by atoms with Gasteiger partial charge in [0.25, 0.3) is 5.91 Å². The van der Waals surface area contributed by atoms with Crippen LogP contribution in [0.5, 0.6) is 11.6 Å². The highest BCUT2D eigenvalue weighted by Crippen LogP contribution is 2.25. The molecule has 0 atom stereocenters. The van der Waals surface area contributed by atoms with Gasteiger partial charge in [0.1, 0.15) is 10.8 Å². The maximum Gasteiger partial charge on any atom is 0.271 e. The Morgan fingerprint density at radius 3 is 2.54 bits per heavy atom. The molecule has 2 aromatic heterocycles. The SMILES string of the molecule is COc1ccc(-c2nc(CCNC(=O)c3ccc(OC)nn3)cs2)cc1. The van der Waals surface area contributed by atoms with Crippen molar-refractivity contribution in [3.63, 3.8) is 0 Å². The molecular weight excluding hydrogens is 352 g/mol. The van der Waals surface area contributed by atoms with Crippen LogP contribution in [0.4, 0.5) is 0 Å². The summed E-state index contributed by atoms with van der Waals surface area (Å²) in [5.41, 5.74) is 2.23. The first-order valence-electron chi connectivity index (χ1n) is 7.94. The molecule has 0 spiro atoms. The smallest absolute Gasteiger partial charge is 0.271 e. The molecule has 7 nitrogen and oxygen atoms in total. The Bertz CT molecular complexity index is 863. The Balaban J connectivity index is 1.53. The van der Waals surface area contributed by atoms with Crippen molar-refractivity contribution in [2.45, 2.75) is 6.42 Å². The average molecular weight is 370 g/mol. The van der Waals surface area contributed by atoms with Crippen molar-refractivity contribution in [1.82, 2.24) is 20.5 Å². The summed E-state index contributed by atoms with van der Waals surface area (Å²) in [7, 11) is 3.14. The molecule has 0 bridgehead atoms. The Kier molecular flexibility index (Phi) is 5.75. The summed E-state index contributed by atoms with van der Waals surface area (Å²) in [6.45, 7) is 0.471. The third-order valence-electron chi connectivity index (χ3n) is 3.64. The van der Waals surface area contributed by atoms with Gasteiger partial charge in [-0.2, -0.15) is 0 Å². The molecule has 0 saturated heterocycles. The van der Waals surface area contributed by atoms with Gasteiger partial charge in [0.15, 0.2) is 5.69 Å². The van der Waals surface area contributed by atoms with Gasteiger partial charge < -0.3 is 14.8 Å². The van der Waals surface area contributed by atoms with E-state index in [1.807, 2.05) is 29.6 Å². The minimum absolute atomic E-state index is 0.253. The number of carbonyl (C=O) groups is 1. The standard InChI is InChI=1S/C18H18N4O3S/c1-24-14-5-3-12(4-6-14)18-20-13(11-26-18)9-10-19-17(23)15-7-8-16(25-2)22-21-15/h3-8,11H,9-10H2,1-2H3,(H,19,23). The monoisotopic (exact) mass is 370 g/mol. The summed E-state index contributed by atoms with van der Waals surface area (Å²) in [6, 6.07) is 10.9. The van der Waals surface area contributed by atoms with Gasteiger partial charge in [0.05, 0.1) is 19.9 Å². The van der Waals surface area contributed by atoms with Crippen molar-refractivity contribution in [3.05, 3.63) is 53.2 Å². The largest absolute Gasteiger partial charge is 0.497 e. The predicted molar refractivity (Wildman–Crippen MR) is 98.7 cm³/mol. The first-order valence-corrected chi connectivity index (χ1v) is 8.82. The lowest BCUT2D eigenvalue weighted by Crippen LogP contribution is -2.26. The van der Waals surface area contributed by atoms with Crippen LogP contribution in [0.2, 0.25) is 0 Å². The number of amides is 1. The van der Waals surface area contributed by atoms with Gasteiger partial charge >= 0.3 is 0 Å². The zero-order valence-corrected chi connectivity index (χ0v) is 15.2. The van der Waals surface area contributed by atoms with Crippen LogP contribution < -0.4 is 14.8 Å². The molecule has 2 heterocycles. The summed E-state index contributed by atoms with van der Waals surface area (Å²) < 4.78 is 10.1. The summed E-state index contributed by atoms with van der Waals surface area (Å²) in [5.74, 6) is 0.913. The first kappa shape index (κ1) is 17.8. The molecular formula is C18H18N4O3S. The molecule has 1 amide bonds. The van der Waals surface area contributed by atoms with E-state index in [9.17, 15) is 4.79 Å². The number of thiazole rings is 1. The van der Waals surface area contributed by atoms with E-state index in [4.69, 9.17) is 9.47 Å². The molecule has 1 aromatic carbocycles. The van der Waals surface area contributed by atoms with E-state index in [0.29, 0.717) is 18.8 Å². The zero-order valence-electron chi connectivity index (χ0n) is 14.4. The molecule has 26 heavy (non-hydrogen) atoms. The van der Waals surface area contributed by atoms with E-state index in [0.717, 1.165) is 22.0 Å². The first-order chi connectivity index (χ1) is 12.7. The fourth-order valence-electron chi connectivity index (χ4n) is 2.23. The molecule has 8 heteroatoms. The second-order valence-corrected chi connectivity index (χ2v) is 6.20. The number of aromatic nitrogens is 3. The number of benzene rings is 1. The Labute approximate surface area is 155 Å².